The maximum absolute atomic E-state index is 13.6. The van der Waals surface area contributed by atoms with Gasteiger partial charge in [0.2, 0.25) is 0 Å². The van der Waals surface area contributed by atoms with Crippen LogP contribution in [0.2, 0.25) is 0 Å². The average Bonchev–Trinajstić information content (AvgIpc) is 2.48. The van der Waals surface area contributed by atoms with E-state index in [-0.39, 0.29) is 17.1 Å². The number of anilines is 1. The molecule has 0 aliphatic carbocycles. The number of rotatable bonds is 3. The lowest BCUT2D eigenvalue weighted by molar-refractivity contribution is 0.581. The molecule has 1 heterocycles. The van der Waals surface area contributed by atoms with Gasteiger partial charge >= 0.3 is 0 Å². The second-order valence-electron chi connectivity index (χ2n) is 6.23. The molecule has 4 nitrogen and oxygen atoms in total. The monoisotopic (exact) mass is 318 g/mol. The van der Waals surface area contributed by atoms with Gasteiger partial charge in [0.05, 0.1) is 12.2 Å². The van der Waals surface area contributed by atoms with E-state index in [1.807, 2.05) is 6.07 Å². The lowest BCUT2D eigenvalue weighted by Crippen LogP contribution is -2.23. The highest BCUT2D eigenvalue weighted by atomic mass is 19.1. The highest BCUT2D eigenvalue weighted by molar-refractivity contribution is 5.92. The SMILES string of the molecule is CC(C)(C)c1ccncc1CN=C(N)Nc1cc(F)ccc1F. The zero-order valence-electron chi connectivity index (χ0n) is 13.4. The van der Waals surface area contributed by atoms with Gasteiger partial charge in [-0.3, -0.25) is 4.98 Å². The fourth-order valence-corrected chi connectivity index (χ4v) is 2.23. The molecule has 0 saturated heterocycles. The second kappa shape index (κ2) is 6.73. The molecule has 3 N–H and O–H groups in total. The average molecular weight is 318 g/mol. The zero-order chi connectivity index (χ0) is 17.0. The number of pyridine rings is 1. The van der Waals surface area contributed by atoms with E-state index in [1.54, 1.807) is 12.4 Å². The number of nitrogens with zero attached hydrogens (tertiary/aromatic N) is 2. The first-order chi connectivity index (χ1) is 10.8. The van der Waals surface area contributed by atoms with Crippen LogP contribution in [0.3, 0.4) is 0 Å². The van der Waals surface area contributed by atoms with Crippen molar-refractivity contribution in [2.45, 2.75) is 32.7 Å². The summed E-state index contributed by atoms with van der Waals surface area (Å²) in [4.78, 5) is 8.30. The molecule has 0 aliphatic heterocycles. The van der Waals surface area contributed by atoms with Crippen molar-refractivity contribution in [2.24, 2.45) is 10.7 Å². The molecule has 0 aliphatic rings. The molecular weight excluding hydrogens is 298 g/mol. The summed E-state index contributed by atoms with van der Waals surface area (Å²) < 4.78 is 26.7. The first-order valence-electron chi connectivity index (χ1n) is 7.23. The molecule has 122 valence electrons. The van der Waals surface area contributed by atoms with E-state index in [0.29, 0.717) is 6.54 Å². The summed E-state index contributed by atoms with van der Waals surface area (Å²) in [6.45, 7) is 6.59. The van der Waals surface area contributed by atoms with Crippen molar-refractivity contribution in [3.8, 4) is 0 Å². The Morgan fingerprint density at radius 1 is 1.26 bits per heavy atom. The topological polar surface area (TPSA) is 63.3 Å². The summed E-state index contributed by atoms with van der Waals surface area (Å²) in [5.41, 5.74) is 7.71. The van der Waals surface area contributed by atoms with Crippen LogP contribution >= 0.6 is 0 Å². The van der Waals surface area contributed by atoms with Crippen molar-refractivity contribution >= 4 is 11.6 Å². The van der Waals surface area contributed by atoms with Crippen LogP contribution in [0, 0.1) is 11.6 Å². The molecule has 6 heteroatoms. The lowest BCUT2D eigenvalue weighted by Gasteiger charge is -2.21. The normalized spacial score (nSPS) is 12.3. The lowest BCUT2D eigenvalue weighted by atomic mass is 9.85. The number of hydrogen-bond donors (Lipinski definition) is 2. The molecule has 0 saturated carbocycles. The zero-order valence-corrected chi connectivity index (χ0v) is 13.4. The van der Waals surface area contributed by atoms with Gasteiger partial charge in [-0.2, -0.15) is 0 Å². The van der Waals surface area contributed by atoms with Crippen molar-refractivity contribution < 1.29 is 8.78 Å². The largest absolute Gasteiger partial charge is 0.370 e. The summed E-state index contributed by atoms with van der Waals surface area (Å²) in [5.74, 6) is -1.14. The molecule has 0 unspecified atom stereocenters. The Labute approximate surface area is 134 Å². The van der Waals surface area contributed by atoms with E-state index >= 15 is 0 Å². The molecule has 1 aromatic heterocycles. The van der Waals surface area contributed by atoms with Gasteiger partial charge in [-0.05, 0) is 34.7 Å². The maximum Gasteiger partial charge on any atom is 0.193 e. The first kappa shape index (κ1) is 16.9. The summed E-state index contributed by atoms with van der Waals surface area (Å²) in [6.07, 6.45) is 3.47. The minimum absolute atomic E-state index is 0.0122. The van der Waals surface area contributed by atoms with Crippen LogP contribution in [-0.2, 0) is 12.0 Å². The second-order valence-corrected chi connectivity index (χ2v) is 6.23. The number of halogens is 2. The highest BCUT2D eigenvalue weighted by Crippen LogP contribution is 2.25. The van der Waals surface area contributed by atoms with Crippen molar-refractivity contribution in [3.63, 3.8) is 0 Å². The molecule has 0 radical (unpaired) electrons. The number of benzene rings is 1. The van der Waals surface area contributed by atoms with Crippen molar-refractivity contribution in [2.75, 3.05) is 5.32 Å². The number of aliphatic imine (C=N–C) groups is 1. The number of hydrogen-bond acceptors (Lipinski definition) is 2. The van der Waals surface area contributed by atoms with Crippen LogP contribution in [0.1, 0.15) is 31.9 Å². The van der Waals surface area contributed by atoms with Gasteiger partial charge in [-0.15, -0.1) is 0 Å². The van der Waals surface area contributed by atoms with Crippen molar-refractivity contribution in [1.29, 1.82) is 0 Å². The van der Waals surface area contributed by atoms with Gasteiger partial charge in [0.25, 0.3) is 0 Å². The van der Waals surface area contributed by atoms with Crippen LogP contribution < -0.4 is 11.1 Å². The van der Waals surface area contributed by atoms with E-state index in [1.165, 1.54) is 0 Å². The Kier molecular flexibility index (Phi) is 4.93. The summed E-state index contributed by atoms with van der Waals surface area (Å²) in [7, 11) is 0. The van der Waals surface area contributed by atoms with Crippen molar-refractivity contribution in [3.05, 3.63) is 59.4 Å². The maximum atomic E-state index is 13.6. The quantitative estimate of drug-likeness (QED) is 0.671. The molecule has 0 fully saturated rings. The summed E-state index contributed by atoms with van der Waals surface area (Å²) in [6, 6.07) is 5.05. The molecule has 1 aromatic carbocycles. The van der Waals surface area contributed by atoms with E-state index < -0.39 is 11.6 Å². The van der Waals surface area contributed by atoms with E-state index in [4.69, 9.17) is 5.73 Å². The minimum atomic E-state index is -0.596. The Bertz CT molecular complexity index is 721. The van der Waals surface area contributed by atoms with Gasteiger partial charge in [-0.1, -0.05) is 20.8 Å². The van der Waals surface area contributed by atoms with Gasteiger partial charge in [-0.25, -0.2) is 13.8 Å². The molecule has 0 atom stereocenters. The van der Waals surface area contributed by atoms with Gasteiger partial charge in [0.1, 0.15) is 11.6 Å². The molecule has 0 spiro atoms. The third kappa shape index (κ3) is 4.48. The third-order valence-corrected chi connectivity index (χ3v) is 3.32. The Morgan fingerprint density at radius 2 is 2.00 bits per heavy atom. The van der Waals surface area contributed by atoms with Gasteiger partial charge in [0, 0.05) is 18.5 Å². The van der Waals surface area contributed by atoms with Gasteiger partial charge < -0.3 is 11.1 Å². The predicted molar refractivity (Wildman–Crippen MR) is 88.2 cm³/mol. The minimum Gasteiger partial charge on any atom is -0.370 e. The number of nitrogens with one attached hydrogen (secondary N) is 1. The molecule has 23 heavy (non-hydrogen) atoms. The molecule has 0 amide bonds. The molecule has 0 bridgehead atoms. The van der Waals surface area contributed by atoms with Crippen LogP contribution in [0.25, 0.3) is 0 Å². The predicted octanol–water partition coefficient (Wildman–Crippen LogP) is 3.58. The molecule has 2 aromatic rings. The Morgan fingerprint density at radius 3 is 2.70 bits per heavy atom. The highest BCUT2D eigenvalue weighted by Gasteiger charge is 2.17. The van der Waals surface area contributed by atoms with Crippen molar-refractivity contribution in [1.82, 2.24) is 4.98 Å². The number of guanidine groups is 1. The Balaban J connectivity index is 2.16. The smallest absolute Gasteiger partial charge is 0.193 e. The number of aromatic nitrogens is 1. The number of nitrogens with two attached hydrogens (primary N) is 1. The third-order valence-electron chi connectivity index (χ3n) is 3.32. The van der Waals surface area contributed by atoms with E-state index in [0.717, 1.165) is 29.3 Å². The van der Waals surface area contributed by atoms with Gasteiger partial charge in [0.15, 0.2) is 5.96 Å². The summed E-state index contributed by atoms with van der Waals surface area (Å²) in [5, 5.41) is 2.57. The molecule has 2 rings (SSSR count). The standard InChI is InChI=1S/C17H20F2N4/c1-17(2,3)13-6-7-21-9-11(13)10-22-16(20)23-15-8-12(18)4-5-14(15)19/h4-9H,10H2,1-3H3,(H3,20,22,23). The first-order valence-corrected chi connectivity index (χ1v) is 7.23. The summed E-state index contributed by atoms with van der Waals surface area (Å²) >= 11 is 0. The Hall–Kier alpha value is -2.50. The van der Waals surface area contributed by atoms with Crippen LogP contribution in [0.5, 0.6) is 0 Å². The molecular formula is C17H20F2N4. The van der Waals surface area contributed by atoms with Crippen LogP contribution in [0.4, 0.5) is 14.5 Å². The fraction of sp³-hybridized carbons (Fsp3) is 0.294. The van der Waals surface area contributed by atoms with Crippen LogP contribution in [0.15, 0.2) is 41.7 Å². The fourth-order valence-electron chi connectivity index (χ4n) is 2.23. The van der Waals surface area contributed by atoms with Crippen LogP contribution in [-0.4, -0.2) is 10.9 Å². The van der Waals surface area contributed by atoms with E-state index in [9.17, 15) is 8.78 Å². The van der Waals surface area contributed by atoms with E-state index in [2.05, 4.69) is 36.1 Å².